The number of thiophene rings is 1. The number of carbonyl (C=O) groups is 1. The van der Waals surface area contributed by atoms with E-state index < -0.39 is 0 Å². The Morgan fingerprint density at radius 3 is 2.65 bits per heavy atom. The Labute approximate surface area is 218 Å². The van der Waals surface area contributed by atoms with Gasteiger partial charge in [-0.2, -0.15) is 5.10 Å². The molecule has 1 aromatic carbocycles. The second-order valence-electron chi connectivity index (χ2n) is 8.40. The number of carbonyl (C=O) groups excluding carboxylic acids is 1. The molecule has 2 aromatic heterocycles. The smallest absolute Gasteiger partial charge is 0.341 e. The van der Waals surface area contributed by atoms with Crippen LogP contribution in [0.1, 0.15) is 63.9 Å². The number of thiocarbonyl (C=S) groups is 1. The first-order chi connectivity index (χ1) is 16.4. The third kappa shape index (κ3) is 5.53. The molecule has 0 amide bonds. The predicted molar refractivity (Wildman–Crippen MR) is 146 cm³/mol. The molecule has 1 aliphatic carbocycles. The van der Waals surface area contributed by atoms with Crippen LogP contribution in [0.15, 0.2) is 28.7 Å². The summed E-state index contributed by atoms with van der Waals surface area (Å²) in [6.45, 7) is 6.85. The molecule has 0 spiro atoms. The van der Waals surface area contributed by atoms with E-state index >= 15 is 0 Å². The van der Waals surface area contributed by atoms with E-state index in [4.69, 9.17) is 22.1 Å². The maximum atomic E-state index is 12.8. The van der Waals surface area contributed by atoms with E-state index in [1.165, 1.54) is 16.9 Å². The highest BCUT2D eigenvalue weighted by Crippen LogP contribution is 2.38. The van der Waals surface area contributed by atoms with E-state index in [-0.39, 0.29) is 5.97 Å². The van der Waals surface area contributed by atoms with Crippen molar-refractivity contribution in [2.75, 3.05) is 17.2 Å². The predicted octanol–water partition coefficient (Wildman–Crippen LogP) is 6.63. The van der Waals surface area contributed by atoms with Crippen molar-refractivity contribution in [1.29, 1.82) is 0 Å². The van der Waals surface area contributed by atoms with Crippen molar-refractivity contribution in [2.24, 2.45) is 0 Å². The van der Waals surface area contributed by atoms with Gasteiger partial charge >= 0.3 is 5.97 Å². The van der Waals surface area contributed by atoms with Crippen LogP contribution in [0.3, 0.4) is 0 Å². The van der Waals surface area contributed by atoms with Crippen LogP contribution in [0.25, 0.3) is 0 Å². The van der Waals surface area contributed by atoms with E-state index in [9.17, 15) is 4.79 Å². The monoisotopic (exact) mass is 560 g/mol. The summed E-state index contributed by atoms with van der Waals surface area (Å²) in [5.74, 6) is -0.276. The molecule has 0 unspecified atom stereocenters. The lowest BCUT2D eigenvalue weighted by Gasteiger charge is -2.12. The summed E-state index contributed by atoms with van der Waals surface area (Å²) in [6, 6.07) is 8.22. The second-order valence-corrected chi connectivity index (χ2v) is 10.8. The molecule has 4 rings (SSSR count). The van der Waals surface area contributed by atoms with Gasteiger partial charge in [0.2, 0.25) is 0 Å². The van der Waals surface area contributed by atoms with Gasteiger partial charge in [-0.3, -0.25) is 4.68 Å². The summed E-state index contributed by atoms with van der Waals surface area (Å²) in [6.07, 6.45) is 5.33. The zero-order chi connectivity index (χ0) is 24.2. The molecule has 34 heavy (non-hydrogen) atoms. The summed E-state index contributed by atoms with van der Waals surface area (Å²) < 4.78 is 8.41. The van der Waals surface area contributed by atoms with Gasteiger partial charge in [-0.1, -0.05) is 34.5 Å². The third-order valence-corrected chi connectivity index (χ3v) is 7.93. The molecule has 9 heteroatoms. The van der Waals surface area contributed by atoms with Gasteiger partial charge in [0.25, 0.3) is 0 Å². The lowest BCUT2D eigenvalue weighted by Crippen LogP contribution is -2.21. The zero-order valence-corrected chi connectivity index (χ0v) is 22.9. The number of halogens is 1. The molecule has 2 heterocycles. The number of ether oxygens (including phenoxy) is 1. The average molecular weight is 562 g/mol. The highest BCUT2D eigenvalue weighted by molar-refractivity contribution is 9.10. The Kier molecular flexibility index (Phi) is 8.06. The molecule has 2 N–H and O–H groups in total. The lowest BCUT2D eigenvalue weighted by atomic mass is 10.1. The van der Waals surface area contributed by atoms with E-state index in [0.717, 1.165) is 57.8 Å². The molecule has 0 saturated heterocycles. The van der Waals surface area contributed by atoms with Crippen LogP contribution < -0.4 is 10.6 Å². The van der Waals surface area contributed by atoms with Gasteiger partial charge in [-0.15, -0.1) is 11.3 Å². The first kappa shape index (κ1) is 24.9. The average Bonchev–Trinajstić information content (AvgIpc) is 3.15. The molecule has 3 aromatic rings. The van der Waals surface area contributed by atoms with Gasteiger partial charge in [0.05, 0.1) is 35.8 Å². The minimum absolute atomic E-state index is 0.276. The number of aryl methyl sites for hydroxylation is 2. The number of fused-ring (bicyclic) bond motifs is 1. The number of nitrogens with one attached hydrogen (secondary N) is 2. The number of anilines is 2. The summed E-state index contributed by atoms with van der Waals surface area (Å²) in [7, 11) is 0. The van der Waals surface area contributed by atoms with Gasteiger partial charge in [0.15, 0.2) is 5.11 Å². The summed E-state index contributed by atoms with van der Waals surface area (Å²) in [4.78, 5) is 14.1. The summed E-state index contributed by atoms with van der Waals surface area (Å²) in [5, 5.41) is 12.5. The Morgan fingerprint density at radius 1 is 1.18 bits per heavy atom. The third-order valence-electron chi connectivity index (χ3n) is 5.99. The highest BCUT2D eigenvalue weighted by atomic mass is 79.9. The summed E-state index contributed by atoms with van der Waals surface area (Å²) >= 11 is 10.8. The minimum Gasteiger partial charge on any atom is -0.462 e. The molecule has 1 aliphatic rings. The number of hydrogen-bond donors (Lipinski definition) is 2. The first-order valence-electron chi connectivity index (χ1n) is 11.6. The zero-order valence-electron chi connectivity index (χ0n) is 19.7. The Balaban J connectivity index is 1.53. The lowest BCUT2D eigenvalue weighted by molar-refractivity contribution is 0.0527. The summed E-state index contributed by atoms with van der Waals surface area (Å²) in [5.41, 5.74) is 5.68. The molecule has 6 nitrogen and oxygen atoms in total. The van der Waals surface area contributed by atoms with Crippen LogP contribution in [0.4, 0.5) is 10.7 Å². The van der Waals surface area contributed by atoms with E-state index in [1.54, 1.807) is 11.3 Å². The molecule has 0 radical (unpaired) electrons. The van der Waals surface area contributed by atoms with Crippen molar-refractivity contribution in [2.45, 2.75) is 59.4 Å². The fourth-order valence-electron chi connectivity index (χ4n) is 4.29. The molecule has 0 fully saturated rings. The molecule has 0 saturated carbocycles. The maximum absolute atomic E-state index is 12.8. The van der Waals surface area contributed by atoms with E-state index in [1.807, 2.05) is 37.6 Å². The number of hydrogen-bond acceptors (Lipinski definition) is 5. The molecular formula is C25H29BrN4O2S2. The van der Waals surface area contributed by atoms with Crippen molar-refractivity contribution >= 4 is 61.3 Å². The maximum Gasteiger partial charge on any atom is 0.341 e. The van der Waals surface area contributed by atoms with Crippen LogP contribution in [0.5, 0.6) is 0 Å². The molecule has 0 atom stereocenters. The van der Waals surface area contributed by atoms with Crippen molar-refractivity contribution < 1.29 is 9.53 Å². The van der Waals surface area contributed by atoms with Gasteiger partial charge in [-0.05, 0) is 81.9 Å². The fourth-order valence-corrected chi connectivity index (χ4v) is 6.11. The Morgan fingerprint density at radius 2 is 1.91 bits per heavy atom. The Hall–Kier alpha value is -2.23. The number of nitrogens with zero attached hydrogens (tertiary/aromatic N) is 2. The topological polar surface area (TPSA) is 68.2 Å². The highest BCUT2D eigenvalue weighted by Gasteiger charge is 2.26. The number of rotatable bonds is 6. The van der Waals surface area contributed by atoms with Crippen molar-refractivity contribution in [3.63, 3.8) is 0 Å². The van der Waals surface area contributed by atoms with Gasteiger partial charge in [0, 0.05) is 9.35 Å². The standard InChI is InChI=1S/C25H29BrN4O2S2/c1-4-32-24(31)21-19-8-6-5-7-9-20(19)34-23(21)28-25(33)27-22-15(2)29-30(16(22)3)14-17-10-12-18(26)13-11-17/h10-13H,4-9,14H2,1-3H3,(H2,27,28,33). The van der Waals surface area contributed by atoms with E-state index in [0.29, 0.717) is 23.8 Å². The number of esters is 1. The quantitative estimate of drug-likeness (QED) is 0.200. The van der Waals surface area contributed by atoms with Crippen LogP contribution in [0.2, 0.25) is 0 Å². The Bertz CT molecular complexity index is 1200. The number of benzene rings is 1. The molecule has 0 bridgehead atoms. The minimum atomic E-state index is -0.276. The van der Waals surface area contributed by atoms with Crippen molar-refractivity contribution in [1.82, 2.24) is 9.78 Å². The van der Waals surface area contributed by atoms with Crippen molar-refractivity contribution in [3.05, 3.63) is 61.7 Å². The van der Waals surface area contributed by atoms with Crippen LogP contribution in [-0.4, -0.2) is 27.5 Å². The molecule has 180 valence electrons. The fraction of sp³-hybridized carbons (Fsp3) is 0.400. The first-order valence-corrected chi connectivity index (χ1v) is 13.6. The van der Waals surface area contributed by atoms with Gasteiger partial charge in [0.1, 0.15) is 5.00 Å². The van der Waals surface area contributed by atoms with Crippen LogP contribution >= 0.6 is 39.5 Å². The second kappa shape index (κ2) is 11.0. The largest absolute Gasteiger partial charge is 0.462 e. The SMILES string of the molecule is CCOC(=O)c1c(NC(=S)Nc2c(C)nn(Cc3ccc(Br)cc3)c2C)sc2c1CCCCC2. The van der Waals surface area contributed by atoms with Crippen LogP contribution in [-0.2, 0) is 24.1 Å². The number of aromatic nitrogens is 2. The van der Waals surface area contributed by atoms with E-state index in [2.05, 4.69) is 38.7 Å². The molecular weight excluding hydrogens is 532 g/mol. The van der Waals surface area contributed by atoms with Gasteiger partial charge < -0.3 is 15.4 Å². The molecule has 0 aliphatic heterocycles. The normalized spacial score (nSPS) is 13.2. The van der Waals surface area contributed by atoms with Crippen molar-refractivity contribution in [3.8, 4) is 0 Å². The van der Waals surface area contributed by atoms with Gasteiger partial charge in [-0.25, -0.2) is 4.79 Å². The van der Waals surface area contributed by atoms with Crippen LogP contribution in [0, 0.1) is 13.8 Å².